The number of carbonyl (C=O) groups excluding carboxylic acids is 2. The average molecular weight is 613 g/mol. The molecule has 0 atom stereocenters. The molecule has 1 saturated heterocycles. The second kappa shape index (κ2) is 13.4. The lowest BCUT2D eigenvalue weighted by molar-refractivity contribution is -0.111. The van der Waals surface area contributed by atoms with Crippen molar-refractivity contribution in [1.29, 1.82) is 0 Å². The van der Waals surface area contributed by atoms with Crippen molar-refractivity contribution in [3.8, 4) is 17.0 Å². The van der Waals surface area contributed by atoms with Gasteiger partial charge in [0.15, 0.2) is 0 Å². The lowest BCUT2D eigenvalue weighted by atomic mass is 10.1. The summed E-state index contributed by atoms with van der Waals surface area (Å²) in [6.07, 6.45) is 4.49. The van der Waals surface area contributed by atoms with Crippen molar-refractivity contribution in [2.24, 2.45) is 7.05 Å². The third-order valence-electron chi connectivity index (χ3n) is 7.77. The number of nitrogens with zero attached hydrogens (tertiary/aromatic N) is 6. The van der Waals surface area contributed by atoms with Crippen molar-refractivity contribution >= 4 is 45.8 Å². The summed E-state index contributed by atoms with van der Waals surface area (Å²) < 4.78 is 13.5. The average Bonchev–Trinajstić information content (AvgIpc) is 3.35. The Hall–Kier alpha value is -4.94. The van der Waals surface area contributed by atoms with E-state index in [1.54, 1.807) is 13.2 Å². The summed E-state index contributed by atoms with van der Waals surface area (Å²) >= 11 is 0. The van der Waals surface area contributed by atoms with Crippen LogP contribution in [-0.2, 0) is 16.6 Å². The van der Waals surface area contributed by atoms with Crippen LogP contribution in [0.1, 0.15) is 10.4 Å². The van der Waals surface area contributed by atoms with Gasteiger partial charge in [0.05, 0.1) is 29.9 Å². The number of para-hydroxylation sites is 1. The van der Waals surface area contributed by atoms with Gasteiger partial charge < -0.3 is 34.5 Å². The number of fused-ring (bicyclic) bond motifs is 1. The number of aryl methyl sites for hydroxylation is 1. The largest absolute Gasteiger partial charge is 0.494 e. The van der Waals surface area contributed by atoms with Crippen LogP contribution in [-0.4, -0.2) is 104 Å². The predicted octanol–water partition coefficient (Wildman–Crippen LogP) is 3.98. The molecule has 236 valence electrons. The molecule has 3 heterocycles. The van der Waals surface area contributed by atoms with Crippen LogP contribution < -0.4 is 20.3 Å². The van der Waals surface area contributed by atoms with Gasteiger partial charge in [0.2, 0.25) is 11.9 Å². The Morgan fingerprint density at radius 3 is 2.56 bits per heavy atom. The number of likely N-dealkylation sites (N-methyl/N-ethyl adjacent to an activating group) is 3. The second-order valence-corrected chi connectivity index (χ2v) is 11.5. The molecule has 45 heavy (non-hydrogen) atoms. The fraction of sp³-hybridized carbons (Fsp3) is 0.333. The fourth-order valence-electron chi connectivity index (χ4n) is 5.28. The van der Waals surface area contributed by atoms with E-state index in [0.29, 0.717) is 42.5 Å². The van der Waals surface area contributed by atoms with E-state index in [9.17, 15) is 9.59 Å². The van der Waals surface area contributed by atoms with Gasteiger partial charge in [0.25, 0.3) is 0 Å². The minimum atomic E-state index is -0.472. The highest BCUT2D eigenvalue weighted by Crippen LogP contribution is 2.39. The van der Waals surface area contributed by atoms with Crippen molar-refractivity contribution in [2.45, 2.75) is 6.10 Å². The number of ether oxygens (including phenoxy) is 2. The van der Waals surface area contributed by atoms with Crippen LogP contribution in [0.15, 0.2) is 61.4 Å². The maximum atomic E-state index is 13.4. The first-order chi connectivity index (χ1) is 21.6. The molecule has 2 aromatic heterocycles. The lowest BCUT2D eigenvalue weighted by Crippen LogP contribution is -2.50. The summed E-state index contributed by atoms with van der Waals surface area (Å²) in [5.74, 6) is -0.0554. The summed E-state index contributed by atoms with van der Waals surface area (Å²) in [5, 5.41) is 7.11. The Kier molecular flexibility index (Phi) is 9.35. The van der Waals surface area contributed by atoms with E-state index in [-0.39, 0.29) is 23.5 Å². The van der Waals surface area contributed by atoms with Crippen molar-refractivity contribution in [1.82, 2.24) is 24.3 Å². The van der Waals surface area contributed by atoms with E-state index in [1.165, 1.54) is 12.3 Å². The summed E-state index contributed by atoms with van der Waals surface area (Å²) in [6, 6.07) is 11.6. The van der Waals surface area contributed by atoms with Crippen LogP contribution >= 0.6 is 0 Å². The number of rotatable bonds is 12. The summed E-state index contributed by atoms with van der Waals surface area (Å²) in [6.45, 7) is 6.48. The smallest absolute Gasteiger partial charge is 0.342 e. The Morgan fingerprint density at radius 1 is 1.11 bits per heavy atom. The van der Waals surface area contributed by atoms with Crippen molar-refractivity contribution < 1.29 is 19.1 Å². The minimum Gasteiger partial charge on any atom is -0.494 e. The molecule has 4 aromatic rings. The van der Waals surface area contributed by atoms with E-state index in [0.717, 1.165) is 28.7 Å². The summed E-state index contributed by atoms with van der Waals surface area (Å²) in [7, 11) is 11.5. The SMILES string of the molecule is C=CC(=O)Nc1cc(Nc2ncc(C(=O)OC3CN(C)C3)c(-c3cn(C)c4ccccc34)n2)c(OC)cc1N(C)CCN(C)C. The van der Waals surface area contributed by atoms with Crippen LogP contribution in [0.25, 0.3) is 22.2 Å². The van der Waals surface area contributed by atoms with E-state index in [1.807, 2.05) is 81.2 Å². The highest BCUT2D eigenvalue weighted by Gasteiger charge is 2.29. The Labute approximate surface area is 263 Å². The number of methoxy groups -OCH3 is 1. The van der Waals surface area contributed by atoms with Gasteiger partial charge in [-0.25, -0.2) is 14.8 Å². The van der Waals surface area contributed by atoms with Gasteiger partial charge in [-0.15, -0.1) is 0 Å². The molecule has 2 N–H and O–H groups in total. The second-order valence-electron chi connectivity index (χ2n) is 11.5. The Bertz CT molecular complexity index is 1730. The predicted molar refractivity (Wildman–Crippen MR) is 178 cm³/mol. The van der Waals surface area contributed by atoms with Gasteiger partial charge in [-0.3, -0.25) is 9.69 Å². The fourth-order valence-corrected chi connectivity index (χ4v) is 5.28. The number of aromatic nitrogens is 3. The quantitative estimate of drug-likeness (QED) is 0.180. The third kappa shape index (κ3) is 6.92. The highest BCUT2D eigenvalue weighted by molar-refractivity contribution is 6.04. The number of hydrogen-bond donors (Lipinski definition) is 2. The van der Waals surface area contributed by atoms with Crippen molar-refractivity contribution in [3.63, 3.8) is 0 Å². The van der Waals surface area contributed by atoms with Crippen LogP contribution in [0.5, 0.6) is 5.75 Å². The van der Waals surface area contributed by atoms with Crippen molar-refractivity contribution in [2.75, 3.05) is 77.0 Å². The summed E-state index contributed by atoms with van der Waals surface area (Å²) in [4.78, 5) is 41.4. The number of hydrogen-bond acceptors (Lipinski definition) is 10. The van der Waals surface area contributed by atoms with E-state index >= 15 is 0 Å². The van der Waals surface area contributed by atoms with Gasteiger partial charge in [0, 0.05) is 75.2 Å². The number of benzene rings is 2. The normalized spacial score (nSPS) is 13.4. The van der Waals surface area contributed by atoms with Gasteiger partial charge in [-0.05, 0) is 39.4 Å². The van der Waals surface area contributed by atoms with Gasteiger partial charge in [-0.1, -0.05) is 24.8 Å². The number of amides is 1. The molecule has 12 nitrogen and oxygen atoms in total. The number of esters is 1. The molecule has 12 heteroatoms. The molecule has 0 saturated carbocycles. The monoisotopic (exact) mass is 612 g/mol. The van der Waals surface area contributed by atoms with E-state index in [2.05, 4.69) is 32.0 Å². The molecule has 0 radical (unpaired) electrons. The zero-order chi connectivity index (χ0) is 32.2. The number of likely N-dealkylation sites (tertiary alicyclic amines) is 1. The topological polar surface area (TPSA) is 117 Å². The molecule has 1 amide bonds. The van der Waals surface area contributed by atoms with Crippen LogP contribution in [0.4, 0.5) is 23.0 Å². The maximum Gasteiger partial charge on any atom is 0.342 e. The van der Waals surface area contributed by atoms with Gasteiger partial charge >= 0.3 is 5.97 Å². The standard InChI is InChI=1S/C33H40N8O4/c1-8-30(42)35-25-15-26(29(44-7)16-28(25)40(5)14-13-38(2)3)36-33-34-17-23(32(43)45-21-18-39(4)19-21)31(37-33)24-20-41(6)27-12-10-9-11-22(24)27/h8-12,15-17,20-21H,1,13-14,18-19H2,2-7H3,(H,35,42)(H,34,36,37). The number of nitrogens with one attached hydrogen (secondary N) is 2. The minimum absolute atomic E-state index is 0.177. The molecule has 1 aliphatic heterocycles. The lowest BCUT2D eigenvalue weighted by Gasteiger charge is -2.35. The first-order valence-electron chi connectivity index (χ1n) is 14.7. The third-order valence-corrected chi connectivity index (χ3v) is 7.77. The van der Waals surface area contributed by atoms with Crippen molar-refractivity contribution in [3.05, 3.63) is 67.0 Å². The number of carbonyl (C=O) groups is 2. The molecule has 0 unspecified atom stereocenters. The molecule has 1 fully saturated rings. The van der Waals surface area contributed by atoms with Gasteiger partial charge in [-0.2, -0.15) is 0 Å². The number of anilines is 4. The van der Waals surface area contributed by atoms with Gasteiger partial charge in [0.1, 0.15) is 17.4 Å². The van der Waals surface area contributed by atoms with Crippen LogP contribution in [0.3, 0.4) is 0 Å². The summed E-state index contributed by atoms with van der Waals surface area (Å²) in [5.41, 5.74) is 4.35. The van der Waals surface area contributed by atoms with E-state index < -0.39 is 5.97 Å². The van der Waals surface area contributed by atoms with Crippen LogP contribution in [0, 0.1) is 0 Å². The first-order valence-corrected chi connectivity index (χ1v) is 14.7. The zero-order valence-electron chi connectivity index (χ0n) is 26.6. The molecular formula is C33H40N8O4. The zero-order valence-corrected chi connectivity index (χ0v) is 26.6. The molecule has 1 aliphatic rings. The molecule has 5 rings (SSSR count). The first kappa shape index (κ1) is 31.5. The molecule has 0 aliphatic carbocycles. The Morgan fingerprint density at radius 2 is 1.87 bits per heavy atom. The molecule has 0 bridgehead atoms. The maximum absolute atomic E-state index is 13.4. The molecule has 2 aromatic carbocycles. The van der Waals surface area contributed by atoms with E-state index in [4.69, 9.17) is 14.5 Å². The molecular weight excluding hydrogens is 572 g/mol. The molecule has 0 spiro atoms. The highest BCUT2D eigenvalue weighted by atomic mass is 16.5. The van der Waals surface area contributed by atoms with Crippen LogP contribution in [0.2, 0.25) is 0 Å². The Balaban J connectivity index is 1.56.